The number of rotatable bonds is 2. The Hall–Kier alpha value is -1.37. The second kappa shape index (κ2) is 5.73. The van der Waals surface area contributed by atoms with Gasteiger partial charge in [0.25, 0.3) is 5.91 Å². The summed E-state index contributed by atoms with van der Waals surface area (Å²) in [5, 5.41) is 3.01. The van der Waals surface area contributed by atoms with Gasteiger partial charge >= 0.3 is 0 Å². The van der Waals surface area contributed by atoms with E-state index in [0.717, 1.165) is 0 Å². The van der Waals surface area contributed by atoms with Crippen molar-refractivity contribution in [1.29, 1.82) is 0 Å². The molecule has 19 heavy (non-hydrogen) atoms. The van der Waals surface area contributed by atoms with E-state index in [4.69, 9.17) is 28.9 Å². The van der Waals surface area contributed by atoms with Crippen LogP contribution in [-0.2, 0) is 0 Å². The van der Waals surface area contributed by atoms with Gasteiger partial charge in [-0.15, -0.1) is 0 Å². The molecule has 0 aliphatic rings. The first-order chi connectivity index (χ1) is 8.97. The van der Waals surface area contributed by atoms with Crippen molar-refractivity contribution in [3.63, 3.8) is 0 Å². The Morgan fingerprint density at radius 3 is 2.58 bits per heavy atom. The molecule has 2 rings (SSSR count). The third-order valence-corrected chi connectivity index (χ3v) is 3.59. The molecule has 0 fully saturated rings. The van der Waals surface area contributed by atoms with E-state index in [1.807, 2.05) is 0 Å². The van der Waals surface area contributed by atoms with Gasteiger partial charge in [-0.2, -0.15) is 0 Å². The lowest BCUT2D eigenvalue weighted by Gasteiger charge is -2.07. The minimum Gasteiger partial charge on any atom is -0.397 e. The number of anilines is 2. The number of hydrogen-bond acceptors (Lipinski definition) is 4. The Morgan fingerprint density at radius 2 is 1.89 bits per heavy atom. The fourth-order valence-electron chi connectivity index (χ4n) is 1.31. The predicted octanol–water partition coefficient (Wildman–Crippen LogP) is 3.38. The molecule has 0 atom stereocenters. The Kier molecular flexibility index (Phi) is 4.24. The first kappa shape index (κ1) is 14.0. The van der Waals surface area contributed by atoms with Crippen molar-refractivity contribution in [2.75, 3.05) is 11.1 Å². The quantitative estimate of drug-likeness (QED) is 0.803. The summed E-state index contributed by atoms with van der Waals surface area (Å²) in [4.78, 5) is 19.7. The molecule has 0 spiro atoms. The van der Waals surface area contributed by atoms with E-state index in [-0.39, 0.29) is 10.7 Å². The van der Waals surface area contributed by atoms with Crippen LogP contribution < -0.4 is 11.1 Å². The zero-order valence-corrected chi connectivity index (χ0v) is 12.4. The Labute approximate surface area is 127 Å². The molecule has 0 saturated carbocycles. The number of amides is 1. The number of nitrogens with zero attached hydrogens (tertiary/aromatic N) is 2. The van der Waals surface area contributed by atoms with Crippen LogP contribution in [0.2, 0.25) is 10.3 Å². The van der Waals surface area contributed by atoms with E-state index >= 15 is 0 Å². The SMILES string of the molecule is Nc1cnc(Cl)c(C(=O)Nc2cnc(Cl)c(Br)c2)c1. The molecule has 0 unspecified atom stereocenters. The molecule has 98 valence electrons. The summed E-state index contributed by atoms with van der Waals surface area (Å²) in [6.07, 6.45) is 2.80. The lowest BCUT2D eigenvalue weighted by Crippen LogP contribution is -2.13. The van der Waals surface area contributed by atoms with Crippen LogP contribution in [0, 0.1) is 0 Å². The van der Waals surface area contributed by atoms with Crippen LogP contribution in [0.4, 0.5) is 11.4 Å². The molecule has 1 amide bonds. The van der Waals surface area contributed by atoms with Gasteiger partial charge in [0.15, 0.2) is 0 Å². The number of nitrogens with one attached hydrogen (secondary N) is 1. The van der Waals surface area contributed by atoms with Gasteiger partial charge in [0, 0.05) is 0 Å². The Bertz CT molecular complexity index is 651. The van der Waals surface area contributed by atoms with Gasteiger partial charge < -0.3 is 11.1 Å². The lowest BCUT2D eigenvalue weighted by molar-refractivity contribution is 0.102. The fourth-order valence-corrected chi connectivity index (χ4v) is 1.95. The predicted molar refractivity (Wildman–Crippen MR) is 78.6 cm³/mol. The van der Waals surface area contributed by atoms with Crippen LogP contribution in [0.5, 0.6) is 0 Å². The molecule has 3 N–H and O–H groups in total. The second-order valence-electron chi connectivity index (χ2n) is 3.56. The normalized spacial score (nSPS) is 10.3. The highest BCUT2D eigenvalue weighted by Gasteiger charge is 2.13. The molecule has 0 bridgehead atoms. The molecular weight excluding hydrogens is 355 g/mol. The summed E-state index contributed by atoms with van der Waals surface area (Å²) in [6, 6.07) is 3.07. The van der Waals surface area contributed by atoms with E-state index in [1.54, 1.807) is 6.07 Å². The van der Waals surface area contributed by atoms with Crippen molar-refractivity contribution in [3.05, 3.63) is 44.9 Å². The van der Waals surface area contributed by atoms with Gasteiger partial charge in [-0.05, 0) is 28.1 Å². The van der Waals surface area contributed by atoms with Gasteiger partial charge in [0.1, 0.15) is 10.3 Å². The first-order valence-electron chi connectivity index (χ1n) is 5.01. The average molecular weight is 362 g/mol. The summed E-state index contributed by atoms with van der Waals surface area (Å²) in [7, 11) is 0. The summed E-state index contributed by atoms with van der Waals surface area (Å²) in [5.74, 6) is -0.430. The number of nitrogens with two attached hydrogens (primary N) is 1. The Morgan fingerprint density at radius 1 is 1.21 bits per heavy atom. The van der Waals surface area contributed by atoms with Crippen molar-refractivity contribution >= 4 is 56.4 Å². The second-order valence-corrected chi connectivity index (χ2v) is 5.13. The minimum absolute atomic E-state index is 0.0766. The van der Waals surface area contributed by atoms with Crippen LogP contribution in [0.25, 0.3) is 0 Å². The minimum atomic E-state index is -0.430. The number of carbonyl (C=O) groups excluding carboxylic acids is 1. The molecule has 0 saturated heterocycles. The molecule has 8 heteroatoms. The first-order valence-corrected chi connectivity index (χ1v) is 6.55. The van der Waals surface area contributed by atoms with Crippen molar-refractivity contribution in [1.82, 2.24) is 9.97 Å². The van der Waals surface area contributed by atoms with Crippen LogP contribution >= 0.6 is 39.1 Å². The maximum atomic E-state index is 12.0. The van der Waals surface area contributed by atoms with E-state index in [2.05, 4.69) is 31.2 Å². The highest BCUT2D eigenvalue weighted by atomic mass is 79.9. The zero-order valence-electron chi connectivity index (χ0n) is 9.32. The summed E-state index contributed by atoms with van der Waals surface area (Å²) in [5.41, 5.74) is 6.58. The lowest BCUT2D eigenvalue weighted by atomic mass is 10.2. The number of nitrogen functional groups attached to an aromatic ring is 1. The van der Waals surface area contributed by atoms with Gasteiger partial charge in [-0.3, -0.25) is 4.79 Å². The smallest absolute Gasteiger partial charge is 0.258 e. The number of aromatic nitrogens is 2. The van der Waals surface area contributed by atoms with Gasteiger partial charge in [0.05, 0.1) is 33.8 Å². The molecule has 0 aliphatic heterocycles. The summed E-state index contributed by atoms with van der Waals surface area (Å²) in [6.45, 7) is 0. The Balaban J connectivity index is 2.25. The fraction of sp³-hybridized carbons (Fsp3) is 0. The van der Waals surface area contributed by atoms with Crippen LogP contribution in [-0.4, -0.2) is 15.9 Å². The zero-order chi connectivity index (χ0) is 14.0. The van der Waals surface area contributed by atoms with Gasteiger partial charge in [-0.25, -0.2) is 9.97 Å². The number of halogens is 3. The topological polar surface area (TPSA) is 80.9 Å². The highest BCUT2D eigenvalue weighted by Crippen LogP contribution is 2.24. The molecule has 0 aromatic carbocycles. The van der Waals surface area contributed by atoms with Crippen molar-refractivity contribution in [2.45, 2.75) is 0 Å². The van der Waals surface area contributed by atoms with E-state index in [0.29, 0.717) is 21.0 Å². The molecule has 2 aromatic rings. The number of carbonyl (C=O) groups is 1. The monoisotopic (exact) mass is 360 g/mol. The average Bonchev–Trinajstić information content (AvgIpc) is 2.36. The van der Waals surface area contributed by atoms with E-state index in [9.17, 15) is 4.79 Å². The third-order valence-electron chi connectivity index (χ3n) is 2.16. The maximum absolute atomic E-state index is 12.0. The molecule has 2 heterocycles. The number of hydrogen-bond donors (Lipinski definition) is 2. The van der Waals surface area contributed by atoms with Crippen LogP contribution in [0.15, 0.2) is 29.0 Å². The maximum Gasteiger partial charge on any atom is 0.258 e. The van der Waals surface area contributed by atoms with Gasteiger partial charge in [0.2, 0.25) is 0 Å². The van der Waals surface area contributed by atoms with E-state index < -0.39 is 5.91 Å². The van der Waals surface area contributed by atoms with Gasteiger partial charge in [-0.1, -0.05) is 23.2 Å². The van der Waals surface area contributed by atoms with Crippen LogP contribution in [0.3, 0.4) is 0 Å². The van der Waals surface area contributed by atoms with Crippen molar-refractivity contribution < 1.29 is 4.79 Å². The molecule has 2 aromatic heterocycles. The molecule has 0 aliphatic carbocycles. The van der Waals surface area contributed by atoms with Crippen molar-refractivity contribution in [3.8, 4) is 0 Å². The standard InChI is InChI=1S/C11H7BrCl2N4O/c12-8-2-6(4-17-10(8)14)18-11(19)7-1-5(15)3-16-9(7)13/h1-4H,15H2,(H,18,19). The number of pyridine rings is 2. The molecular formula is C11H7BrCl2N4O. The summed E-state index contributed by atoms with van der Waals surface area (Å²) >= 11 is 14.8. The molecule has 0 radical (unpaired) electrons. The third kappa shape index (κ3) is 3.34. The van der Waals surface area contributed by atoms with Crippen LogP contribution in [0.1, 0.15) is 10.4 Å². The largest absolute Gasteiger partial charge is 0.397 e. The summed E-state index contributed by atoms with van der Waals surface area (Å²) < 4.78 is 0.573. The highest BCUT2D eigenvalue weighted by molar-refractivity contribution is 9.10. The molecule has 5 nitrogen and oxygen atoms in total. The van der Waals surface area contributed by atoms with E-state index in [1.165, 1.54) is 18.5 Å². The van der Waals surface area contributed by atoms with Crippen molar-refractivity contribution in [2.24, 2.45) is 0 Å².